The van der Waals surface area contributed by atoms with Crippen molar-refractivity contribution in [3.8, 4) is 28.7 Å². The minimum Gasteiger partial charge on any atom is -0.459 e. The molecule has 5 aromatic rings. The Bertz CT molecular complexity index is 2930. The molecule has 2 aliphatic carbocycles. The minimum absolute atomic E-state index is 0.00518. The monoisotopic (exact) mass is 1050 g/mol. The molecule has 77 heavy (non-hydrogen) atoms. The Labute approximate surface area is 445 Å². The number of fused-ring (bicyclic) bond motifs is 3. The number of carbonyl (C=O) groups is 1. The van der Waals surface area contributed by atoms with Crippen molar-refractivity contribution in [2.75, 3.05) is 39.8 Å². The summed E-state index contributed by atoms with van der Waals surface area (Å²) in [5, 5.41) is 48.4. The molecular weight excluding hydrogens is 993 g/mol. The molecule has 404 valence electrons. The molecule has 1 fully saturated rings. The number of carbonyl (C=O) groups excluding carboxylic acids is 1. The molecule has 19 nitrogen and oxygen atoms in total. The number of nitrogens with zero attached hydrogens (tertiary/aromatic N) is 4. The molecule has 0 bridgehead atoms. The van der Waals surface area contributed by atoms with Crippen LogP contribution in [0.3, 0.4) is 0 Å². The first kappa shape index (κ1) is 54.0. The number of hydrogen-bond donors (Lipinski definition) is 2. The van der Waals surface area contributed by atoms with Gasteiger partial charge < -0.3 is 48.2 Å². The van der Waals surface area contributed by atoms with Crippen LogP contribution in [0.4, 0.5) is 16.2 Å². The molecular formula is C58H62N4O15. The summed E-state index contributed by atoms with van der Waals surface area (Å²) >= 11 is 0. The summed E-state index contributed by atoms with van der Waals surface area (Å²) in [7, 11) is 0. The Morgan fingerprint density at radius 3 is 2.27 bits per heavy atom. The summed E-state index contributed by atoms with van der Waals surface area (Å²) in [6, 6.07) is 31.5. The number of non-ortho nitro benzene ring substituents is 2. The molecule has 1 amide bonds. The van der Waals surface area contributed by atoms with E-state index in [1.54, 1.807) is 53.4 Å². The van der Waals surface area contributed by atoms with Crippen LogP contribution in [0.5, 0.6) is 28.7 Å². The molecule has 0 aromatic heterocycles. The van der Waals surface area contributed by atoms with E-state index in [4.69, 9.17) is 43.2 Å². The Kier molecular flexibility index (Phi) is 17.8. The average Bonchev–Trinajstić information content (AvgIpc) is 4.01. The number of amides is 1. The van der Waals surface area contributed by atoms with Crippen LogP contribution < -0.4 is 18.9 Å². The van der Waals surface area contributed by atoms with Crippen molar-refractivity contribution >= 4 is 23.2 Å². The predicted octanol–water partition coefficient (Wildman–Crippen LogP) is 10.7. The van der Waals surface area contributed by atoms with Crippen molar-refractivity contribution in [1.29, 1.82) is 0 Å². The maximum atomic E-state index is 15.2. The van der Waals surface area contributed by atoms with E-state index in [0.29, 0.717) is 85.0 Å². The molecule has 6 atom stereocenters. The fraction of sp³-hybridized carbons (Fsp3) is 0.379. The van der Waals surface area contributed by atoms with Crippen molar-refractivity contribution in [2.24, 2.45) is 22.9 Å². The first-order valence-corrected chi connectivity index (χ1v) is 25.9. The number of aliphatic hydroxyl groups is 2. The molecule has 1 saturated carbocycles. The molecule has 0 radical (unpaired) electrons. The standard InChI is InChI=1S/C58H62N4O15/c1-2-27-74-58-54(60(35-41-19-23-52-53(30-41)73-38-72-52)57(65)71-29-28-70-36-39-11-4-3-5-12-39)34-50(59-75-37-40-17-20-43(21-18-40)61(66)67)48-31-42(13-6-8-25-63)47(16-7-9-26-64)55(56(48)58)49-33-46(22-24-51(49)77-58)76-45-15-10-14-44(32-45)62(68)69/h2-5,10-12,14-15,17-24,30-33,42,47,54-56,63-64H,1,6-9,13,16,25-29,34-38H2. The molecule has 0 saturated heterocycles. The number of oxime groups is 1. The molecule has 0 spiro atoms. The Morgan fingerprint density at radius 2 is 1.51 bits per heavy atom. The minimum atomic E-state index is -1.68. The van der Waals surface area contributed by atoms with E-state index in [0.717, 1.165) is 16.7 Å². The van der Waals surface area contributed by atoms with Gasteiger partial charge in [-0.25, -0.2) is 4.79 Å². The fourth-order valence-electron chi connectivity index (χ4n) is 11.0. The predicted molar refractivity (Wildman–Crippen MR) is 282 cm³/mol. The van der Waals surface area contributed by atoms with Crippen LogP contribution >= 0.6 is 0 Å². The van der Waals surface area contributed by atoms with Crippen LogP contribution in [0.15, 0.2) is 145 Å². The molecule has 6 unspecified atom stereocenters. The molecule has 4 aliphatic rings. The number of unbranched alkanes of at least 4 members (excludes halogenated alkanes) is 2. The highest BCUT2D eigenvalue weighted by Crippen LogP contribution is 2.62. The van der Waals surface area contributed by atoms with Crippen molar-refractivity contribution in [2.45, 2.75) is 82.5 Å². The largest absolute Gasteiger partial charge is 0.459 e. The summed E-state index contributed by atoms with van der Waals surface area (Å²) < 4.78 is 44.5. The van der Waals surface area contributed by atoms with Crippen molar-refractivity contribution in [3.63, 3.8) is 0 Å². The second-order valence-corrected chi connectivity index (χ2v) is 19.3. The number of nitro groups is 2. The Morgan fingerprint density at radius 1 is 0.779 bits per heavy atom. The van der Waals surface area contributed by atoms with E-state index in [9.17, 15) is 30.4 Å². The summed E-state index contributed by atoms with van der Waals surface area (Å²) in [6.45, 7) is 4.33. The van der Waals surface area contributed by atoms with Gasteiger partial charge in [0.25, 0.3) is 11.4 Å². The third-order valence-corrected chi connectivity index (χ3v) is 14.4. The highest BCUT2D eigenvalue weighted by Gasteiger charge is 2.66. The smallest absolute Gasteiger partial charge is 0.410 e. The SMILES string of the molecule is C=CCOC12Oc3ccc(Oc4cccc([N+](=O)[O-])c4)cc3C3C(CCCCO)C(CCCCO)C=C(C(=NOCc4ccc([N+](=O)[O-])cc4)CC1N(Cc1ccc4c(c1)OCO4)C(=O)OCCOCc1ccccc1)C32. The number of rotatable bonds is 26. The number of benzene rings is 5. The van der Waals surface area contributed by atoms with Crippen LogP contribution in [-0.2, 0) is 38.8 Å². The van der Waals surface area contributed by atoms with Crippen LogP contribution in [0.2, 0.25) is 0 Å². The maximum Gasteiger partial charge on any atom is 0.410 e. The lowest BCUT2D eigenvalue weighted by molar-refractivity contribution is -0.385. The first-order valence-electron chi connectivity index (χ1n) is 25.9. The van der Waals surface area contributed by atoms with Gasteiger partial charge in [0.2, 0.25) is 12.6 Å². The highest BCUT2D eigenvalue weighted by molar-refractivity contribution is 6.03. The number of hydrogen-bond acceptors (Lipinski definition) is 16. The van der Waals surface area contributed by atoms with E-state index in [2.05, 4.69) is 12.7 Å². The molecule has 19 heteroatoms. The van der Waals surface area contributed by atoms with E-state index in [1.165, 1.54) is 24.3 Å². The summed E-state index contributed by atoms with van der Waals surface area (Å²) in [5.41, 5.74) is 4.08. The van der Waals surface area contributed by atoms with Crippen molar-refractivity contribution < 1.29 is 62.8 Å². The zero-order valence-electron chi connectivity index (χ0n) is 42.5. The van der Waals surface area contributed by atoms with Crippen LogP contribution in [-0.4, -0.2) is 88.4 Å². The lowest BCUT2D eigenvalue weighted by atomic mass is 9.55. The van der Waals surface area contributed by atoms with Gasteiger partial charge in [0.15, 0.2) is 11.5 Å². The van der Waals surface area contributed by atoms with Gasteiger partial charge in [0.1, 0.15) is 36.5 Å². The zero-order valence-corrected chi connectivity index (χ0v) is 42.5. The zero-order chi connectivity index (χ0) is 53.7. The van der Waals surface area contributed by atoms with Crippen LogP contribution in [0, 0.1) is 38.0 Å². The molecule has 9 rings (SSSR count). The Balaban J connectivity index is 1.20. The van der Waals surface area contributed by atoms with Crippen LogP contribution in [0.25, 0.3) is 0 Å². The second-order valence-electron chi connectivity index (χ2n) is 19.3. The second kappa shape index (κ2) is 25.3. The highest BCUT2D eigenvalue weighted by atomic mass is 16.7. The van der Waals surface area contributed by atoms with E-state index >= 15 is 4.79 Å². The fourth-order valence-corrected chi connectivity index (χ4v) is 11.0. The van der Waals surface area contributed by atoms with Crippen LogP contribution in [0.1, 0.15) is 73.1 Å². The lowest BCUT2D eigenvalue weighted by Gasteiger charge is -2.59. The van der Waals surface area contributed by atoms with Gasteiger partial charge in [0, 0.05) is 55.9 Å². The first-order chi connectivity index (χ1) is 37.6. The summed E-state index contributed by atoms with van der Waals surface area (Å²) in [5.74, 6) is -0.938. The third-order valence-electron chi connectivity index (χ3n) is 14.4. The topological polar surface area (TPSA) is 233 Å². The third kappa shape index (κ3) is 12.6. The van der Waals surface area contributed by atoms with E-state index in [1.807, 2.05) is 48.5 Å². The number of aliphatic hydroxyl groups excluding tert-OH is 2. The molecule has 5 aromatic carbocycles. The maximum absolute atomic E-state index is 15.2. The quantitative estimate of drug-likeness (QED) is 0.0227. The van der Waals surface area contributed by atoms with Crippen molar-refractivity contribution in [1.82, 2.24) is 4.90 Å². The Hall–Kier alpha value is -7.84. The molecule has 2 N–H and O–H groups in total. The van der Waals surface area contributed by atoms with Gasteiger partial charge in [-0.05, 0) is 108 Å². The summed E-state index contributed by atoms with van der Waals surface area (Å²) in [6.07, 6.45) is 6.99. The van der Waals surface area contributed by atoms with E-state index in [-0.39, 0.29) is 88.4 Å². The normalized spacial score (nSPS) is 21.2. The van der Waals surface area contributed by atoms with Gasteiger partial charge in [-0.15, -0.1) is 6.58 Å². The van der Waals surface area contributed by atoms with Gasteiger partial charge in [-0.3, -0.25) is 25.1 Å². The number of ether oxygens (including phenoxy) is 7. The molecule has 2 aliphatic heterocycles. The average molecular weight is 1060 g/mol. The lowest BCUT2D eigenvalue weighted by Crippen LogP contribution is -2.70. The summed E-state index contributed by atoms with van der Waals surface area (Å²) in [4.78, 5) is 45.4. The van der Waals surface area contributed by atoms with Gasteiger partial charge in [-0.1, -0.05) is 72.6 Å². The van der Waals surface area contributed by atoms with E-state index < -0.39 is 39.6 Å². The van der Waals surface area contributed by atoms with Gasteiger partial charge in [-0.2, -0.15) is 0 Å². The van der Waals surface area contributed by atoms with Gasteiger partial charge >= 0.3 is 6.09 Å². The van der Waals surface area contributed by atoms with Crippen molar-refractivity contribution in [3.05, 3.63) is 182 Å². The number of allylic oxidation sites excluding steroid dienone is 1. The van der Waals surface area contributed by atoms with Gasteiger partial charge in [0.05, 0.1) is 47.4 Å². The number of nitro benzene ring substituents is 2. The molecule has 2 heterocycles.